The van der Waals surface area contributed by atoms with Gasteiger partial charge in [-0.05, 0) is 128 Å². The third-order valence-corrected chi connectivity index (χ3v) is 9.10. The zero-order chi connectivity index (χ0) is 38.6. The number of fused-ring (bicyclic) bond motifs is 3. The largest absolute Gasteiger partial charge is 0.457 e. The summed E-state index contributed by atoms with van der Waals surface area (Å²) in [5.41, 5.74) is 10.6. The fraction of sp³-hybridized carbons (Fsp3) is 0.111. The highest BCUT2D eigenvalue weighted by atomic mass is 16.5. The second-order valence-electron chi connectivity index (χ2n) is 12.5. The lowest BCUT2D eigenvalue weighted by molar-refractivity contribution is 0.483. The first-order valence-corrected chi connectivity index (χ1v) is 16.2. The summed E-state index contributed by atoms with van der Waals surface area (Å²) in [7, 11) is 0. The Morgan fingerprint density at radius 2 is 1.35 bits per heavy atom. The molecule has 4 nitrogen and oxygen atoms in total. The van der Waals surface area contributed by atoms with Crippen LogP contribution in [0.4, 0.5) is 0 Å². The van der Waals surface area contributed by atoms with E-state index in [1.807, 2.05) is 83.6 Å². The van der Waals surface area contributed by atoms with E-state index in [2.05, 4.69) is 68.2 Å². The summed E-state index contributed by atoms with van der Waals surface area (Å²) in [6, 6.07) is 39.8. The molecule has 3 heterocycles. The van der Waals surface area contributed by atoms with E-state index in [0.717, 1.165) is 61.5 Å². The molecule has 8 rings (SSSR count). The normalized spacial score (nSPS) is 13.7. The number of nitrogens with zero attached hydrogens (tertiary/aromatic N) is 3. The number of hydrogen-bond donors (Lipinski definition) is 0. The molecular weight excluding hydrogens is 599 g/mol. The zero-order valence-electron chi connectivity index (χ0n) is 33.5. The summed E-state index contributed by atoms with van der Waals surface area (Å²) in [6.07, 6.45) is 3.07. The van der Waals surface area contributed by atoms with Gasteiger partial charge in [0.15, 0.2) is 0 Å². The number of ether oxygens (including phenoxy) is 1. The van der Waals surface area contributed by atoms with Crippen LogP contribution in [0.1, 0.15) is 36.0 Å². The second kappa shape index (κ2) is 12.2. The molecule has 8 aromatic rings. The first-order chi connectivity index (χ1) is 26.2. The molecule has 0 bridgehead atoms. The van der Waals surface area contributed by atoms with Crippen LogP contribution in [0.3, 0.4) is 0 Å². The van der Waals surface area contributed by atoms with Crippen LogP contribution in [-0.4, -0.2) is 14.5 Å². The van der Waals surface area contributed by atoms with Crippen molar-refractivity contribution >= 4 is 21.8 Å². The van der Waals surface area contributed by atoms with E-state index in [1.54, 1.807) is 0 Å². The first-order valence-electron chi connectivity index (χ1n) is 19.2. The van der Waals surface area contributed by atoms with Gasteiger partial charge in [0.2, 0.25) is 0 Å². The standard InChI is InChI=1S/C45H37N3O/c1-28-14-17-38(30(3)20-28)40-25-42(46-27-32(40)5)35-12-9-13-36(22-35)49-37-16-18-39-41-23-34(33-10-7-6-8-11-33)15-19-43(41)48(44(39)24-37)45-21-29(2)31(4)26-47-45/h6-27H,1-5H3/i2D3,4D3. The maximum atomic E-state index is 8.21. The van der Waals surface area contributed by atoms with Gasteiger partial charge in [0, 0.05) is 43.0 Å². The van der Waals surface area contributed by atoms with Crippen LogP contribution in [0.15, 0.2) is 134 Å². The minimum atomic E-state index is -2.67. The van der Waals surface area contributed by atoms with E-state index < -0.39 is 13.7 Å². The van der Waals surface area contributed by atoms with Crippen molar-refractivity contribution in [1.29, 1.82) is 0 Å². The Morgan fingerprint density at radius 3 is 2.18 bits per heavy atom. The van der Waals surface area contributed by atoms with Crippen molar-refractivity contribution in [2.75, 3.05) is 0 Å². The molecule has 0 N–H and O–H groups in total. The summed E-state index contributed by atoms with van der Waals surface area (Å²) < 4.78 is 57.0. The lowest BCUT2D eigenvalue weighted by Crippen LogP contribution is -1.99. The molecule has 0 atom stereocenters. The smallest absolute Gasteiger partial charge is 0.137 e. The third-order valence-electron chi connectivity index (χ3n) is 9.10. The van der Waals surface area contributed by atoms with Crippen LogP contribution in [-0.2, 0) is 0 Å². The third kappa shape index (κ3) is 5.66. The van der Waals surface area contributed by atoms with Crippen molar-refractivity contribution in [1.82, 2.24) is 14.5 Å². The van der Waals surface area contributed by atoms with E-state index in [9.17, 15) is 0 Å². The number of rotatable bonds is 6. The van der Waals surface area contributed by atoms with Crippen LogP contribution >= 0.6 is 0 Å². The average molecular weight is 642 g/mol. The van der Waals surface area contributed by atoms with Crippen molar-refractivity contribution in [3.05, 3.63) is 162 Å². The predicted octanol–water partition coefficient (Wildman–Crippen LogP) is 11.9. The van der Waals surface area contributed by atoms with Crippen LogP contribution in [0, 0.1) is 34.5 Å². The van der Waals surface area contributed by atoms with Gasteiger partial charge in [-0.2, -0.15) is 0 Å². The summed E-state index contributed by atoms with van der Waals surface area (Å²) in [5.74, 6) is 1.46. The first kappa shape index (κ1) is 24.2. The topological polar surface area (TPSA) is 39.9 Å². The molecule has 5 aromatic carbocycles. The molecule has 4 heteroatoms. The van der Waals surface area contributed by atoms with Crippen molar-refractivity contribution in [3.63, 3.8) is 0 Å². The molecule has 0 aliphatic rings. The molecule has 0 unspecified atom stereocenters. The fourth-order valence-corrected chi connectivity index (χ4v) is 6.63. The van der Waals surface area contributed by atoms with Crippen LogP contribution in [0.5, 0.6) is 11.5 Å². The molecule has 3 aromatic heterocycles. The molecule has 0 amide bonds. The van der Waals surface area contributed by atoms with Gasteiger partial charge in [-0.15, -0.1) is 0 Å². The lowest BCUT2D eigenvalue weighted by atomic mass is 9.95. The quantitative estimate of drug-likeness (QED) is 0.181. The number of hydrogen-bond acceptors (Lipinski definition) is 3. The van der Waals surface area contributed by atoms with E-state index in [4.69, 9.17) is 17.9 Å². The summed E-state index contributed by atoms with van der Waals surface area (Å²) in [6.45, 7) is 0.976. The zero-order valence-corrected chi connectivity index (χ0v) is 27.5. The van der Waals surface area contributed by atoms with Gasteiger partial charge in [0.1, 0.15) is 17.3 Å². The van der Waals surface area contributed by atoms with Gasteiger partial charge in [0.25, 0.3) is 0 Å². The van der Waals surface area contributed by atoms with Gasteiger partial charge in [-0.25, -0.2) is 4.98 Å². The molecule has 0 saturated carbocycles. The highest BCUT2D eigenvalue weighted by Gasteiger charge is 2.17. The van der Waals surface area contributed by atoms with E-state index in [0.29, 0.717) is 11.5 Å². The molecule has 0 saturated heterocycles. The van der Waals surface area contributed by atoms with Crippen molar-refractivity contribution in [2.45, 2.75) is 34.5 Å². The molecule has 0 aliphatic carbocycles. The molecule has 49 heavy (non-hydrogen) atoms. The van der Waals surface area contributed by atoms with E-state index in [1.165, 1.54) is 22.8 Å². The minimum absolute atomic E-state index is 0.261. The van der Waals surface area contributed by atoms with Crippen molar-refractivity contribution in [3.8, 4) is 50.8 Å². The molecular formula is C45H37N3O. The van der Waals surface area contributed by atoms with Crippen LogP contribution in [0.2, 0.25) is 0 Å². The van der Waals surface area contributed by atoms with Gasteiger partial charge in [0.05, 0.1) is 16.7 Å². The average Bonchev–Trinajstić information content (AvgIpc) is 3.47. The summed E-state index contributed by atoms with van der Waals surface area (Å²) in [5, 5.41) is 1.82. The Labute approximate surface area is 295 Å². The SMILES string of the molecule is [2H]C([2H])([2H])c1cnc(-n2c3ccc(-c4ccccc4)cc3c3ccc(Oc4cccc(-c5cc(-c6ccc(C)cc6C)c(C)cn5)c4)cc32)cc1C([2H])([2H])[2H]. The van der Waals surface area contributed by atoms with E-state index >= 15 is 0 Å². The Bertz CT molecular complexity index is 2750. The number of pyridine rings is 2. The predicted molar refractivity (Wildman–Crippen MR) is 203 cm³/mol. The van der Waals surface area contributed by atoms with Crippen LogP contribution in [0.25, 0.3) is 61.1 Å². The molecule has 0 fully saturated rings. The Morgan fingerprint density at radius 1 is 0.531 bits per heavy atom. The maximum absolute atomic E-state index is 8.21. The second-order valence-corrected chi connectivity index (χ2v) is 12.5. The lowest BCUT2D eigenvalue weighted by Gasteiger charge is -2.13. The Kier molecular flexibility index (Phi) is 6.03. The highest BCUT2D eigenvalue weighted by Crippen LogP contribution is 2.38. The van der Waals surface area contributed by atoms with Crippen molar-refractivity contribution in [2.24, 2.45) is 0 Å². The van der Waals surface area contributed by atoms with Crippen molar-refractivity contribution < 1.29 is 13.0 Å². The summed E-state index contributed by atoms with van der Waals surface area (Å²) >= 11 is 0. The number of aromatic nitrogens is 3. The van der Waals surface area contributed by atoms with Gasteiger partial charge in [-0.1, -0.05) is 72.3 Å². The monoisotopic (exact) mass is 641 g/mol. The maximum Gasteiger partial charge on any atom is 0.137 e. The van der Waals surface area contributed by atoms with Crippen LogP contribution < -0.4 is 4.74 Å². The molecule has 238 valence electrons. The summed E-state index contributed by atoms with van der Waals surface area (Å²) in [4.78, 5) is 9.33. The Balaban J connectivity index is 1.24. The van der Waals surface area contributed by atoms with Gasteiger partial charge < -0.3 is 4.74 Å². The minimum Gasteiger partial charge on any atom is -0.457 e. The molecule has 0 radical (unpaired) electrons. The highest BCUT2D eigenvalue weighted by molar-refractivity contribution is 6.10. The number of benzene rings is 5. The Hall–Kier alpha value is -6.00. The number of aryl methyl sites for hydroxylation is 5. The molecule has 0 spiro atoms. The molecule has 0 aliphatic heterocycles. The fourth-order valence-electron chi connectivity index (χ4n) is 6.63. The van der Waals surface area contributed by atoms with Gasteiger partial charge in [-0.3, -0.25) is 9.55 Å². The van der Waals surface area contributed by atoms with Gasteiger partial charge >= 0.3 is 0 Å². The van der Waals surface area contributed by atoms with E-state index in [-0.39, 0.29) is 16.9 Å².